The van der Waals surface area contributed by atoms with Gasteiger partial charge >= 0.3 is 0 Å². The summed E-state index contributed by atoms with van der Waals surface area (Å²) in [6.45, 7) is 0.677. The summed E-state index contributed by atoms with van der Waals surface area (Å²) in [6.07, 6.45) is 1.63. The van der Waals surface area contributed by atoms with Crippen LogP contribution in [-0.2, 0) is 6.54 Å². The molecule has 0 radical (unpaired) electrons. The molecule has 2 rings (SSSR count). The van der Waals surface area contributed by atoms with Crippen molar-refractivity contribution in [1.82, 2.24) is 14.8 Å². The fourth-order valence-electron chi connectivity index (χ4n) is 1.25. The van der Waals surface area contributed by atoms with Gasteiger partial charge in [-0.25, -0.2) is 9.67 Å². The fourth-order valence-corrected chi connectivity index (χ4v) is 1.35. The molecule has 0 fully saturated rings. The van der Waals surface area contributed by atoms with E-state index in [9.17, 15) is 0 Å². The summed E-state index contributed by atoms with van der Waals surface area (Å²) in [4.78, 5) is 4.22. The van der Waals surface area contributed by atoms with Gasteiger partial charge in [-0.3, -0.25) is 0 Å². The minimum absolute atomic E-state index is 0.224. The Morgan fingerprint density at radius 1 is 1.33 bits per heavy atom. The van der Waals surface area contributed by atoms with Crippen LogP contribution in [-0.4, -0.2) is 19.8 Å². The van der Waals surface area contributed by atoms with Crippen LogP contribution in [0.25, 0.3) is 0 Å². The molecule has 0 amide bonds. The van der Waals surface area contributed by atoms with E-state index in [0.717, 1.165) is 5.56 Å². The third-order valence-electron chi connectivity index (χ3n) is 1.94. The zero-order valence-electron chi connectivity index (χ0n) is 8.00. The van der Waals surface area contributed by atoms with E-state index >= 15 is 0 Å². The predicted molar refractivity (Wildman–Crippen MR) is 61.5 cm³/mol. The zero-order valence-corrected chi connectivity index (χ0v) is 8.81. The van der Waals surface area contributed by atoms with Crippen LogP contribution < -0.4 is 5.73 Å². The Hall–Kier alpha value is -1.75. The second-order valence-corrected chi connectivity index (χ2v) is 3.56. The molecule has 0 aliphatic rings. The largest absolute Gasteiger partial charge is 0.387 e. The molecule has 2 aromatic rings. The van der Waals surface area contributed by atoms with Crippen LogP contribution >= 0.6 is 12.2 Å². The summed E-state index contributed by atoms with van der Waals surface area (Å²) in [5.41, 5.74) is 6.58. The quantitative estimate of drug-likeness (QED) is 0.780. The summed E-state index contributed by atoms with van der Waals surface area (Å²) < 4.78 is 1.71. The lowest BCUT2D eigenvalue weighted by molar-refractivity contribution is 0.683. The lowest BCUT2D eigenvalue weighted by Crippen LogP contribution is -2.12. The van der Waals surface area contributed by atoms with Crippen molar-refractivity contribution in [1.29, 1.82) is 0 Å². The molecule has 0 unspecified atom stereocenters. The molecule has 2 N–H and O–H groups in total. The molecule has 0 saturated carbocycles. The summed E-state index contributed by atoms with van der Waals surface area (Å²) in [6, 6.07) is 10.0. The first-order valence-electron chi connectivity index (χ1n) is 4.49. The number of aromatic nitrogens is 3. The monoisotopic (exact) mass is 218 g/mol. The van der Waals surface area contributed by atoms with Gasteiger partial charge in [-0.15, -0.1) is 5.10 Å². The summed E-state index contributed by atoms with van der Waals surface area (Å²) in [5.74, 6) is 0.418. The van der Waals surface area contributed by atoms with Gasteiger partial charge in [0.15, 0.2) is 0 Å². The molecule has 1 heterocycles. The number of hydrogen-bond acceptors (Lipinski definition) is 3. The highest BCUT2D eigenvalue weighted by atomic mass is 32.1. The molecule has 1 aromatic heterocycles. The molecule has 0 saturated heterocycles. The maximum absolute atomic E-state index is 5.41. The van der Waals surface area contributed by atoms with Gasteiger partial charge in [-0.1, -0.05) is 42.5 Å². The van der Waals surface area contributed by atoms with Gasteiger partial charge in [0.25, 0.3) is 0 Å². The molecule has 0 atom stereocenters. The van der Waals surface area contributed by atoms with Crippen molar-refractivity contribution in [3.05, 3.63) is 48.0 Å². The van der Waals surface area contributed by atoms with Crippen LogP contribution in [0.2, 0.25) is 0 Å². The van der Waals surface area contributed by atoms with E-state index in [1.807, 2.05) is 30.3 Å². The Morgan fingerprint density at radius 2 is 2.07 bits per heavy atom. The van der Waals surface area contributed by atoms with E-state index < -0.39 is 0 Å². The molecule has 5 heteroatoms. The van der Waals surface area contributed by atoms with Crippen molar-refractivity contribution in [3.63, 3.8) is 0 Å². The number of rotatable bonds is 3. The molecule has 0 aliphatic heterocycles. The third kappa shape index (κ3) is 2.38. The first kappa shape index (κ1) is 9.79. The average Bonchev–Trinajstić information content (AvgIpc) is 2.68. The Morgan fingerprint density at radius 3 is 2.67 bits per heavy atom. The van der Waals surface area contributed by atoms with E-state index in [2.05, 4.69) is 10.1 Å². The number of nitrogens with two attached hydrogens (primary N) is 1. The fraction of sp³-hybridized carbons (Fsp3) is 0.100. The van der Waals surface area contributed by atoms with Gasteiger partial charge in [0.05, 0.1) is 6.54 Å². The van der Waals surface area contributed by atoms with Gasteiger partial charge < -0.3 is 5.73 Å². The van der Waals surface area contributed by atoms with Crippen molar-refractivity contribution in [3.8, 4) is 0 Å². The van der Waals surface area contributed by atoms with E-state index in [1.54, 1.807) is 11.0 Å². The first-order chi connectivity index (χ1) is 7.25. The van der Waals surface area contributed by atoms with Gasteiger partial charge in [0.1, 0.15) is 11.3 Å². The van der Waals surface area contributed by atoms with Crippen molar-refractivity contribution in [2.45, 2.75) is 6.54 Å². The second-order valence-electron chi connectivity index (χ2n) is 3.12. The molecule has 76 valence electrons. The van der Waals surface area contributed by atoms with E-state index in [-0.39, 0.29) is 4.99 Å². The van der Waals surface area contributed by atoms with Crippen LogP contribution in [0.4, 0.5) is 0 Å². The zero-order chi connectivity index (χ0) is 10.7. The van der Waals surface area contributed by atoms with Crippen LogP contribution in [0.1, 0.15) is 11.4 Å². The SMILES string of the molecule is NC(=S)c1ncn(Cc2ccccc2)n1. The van der Waals surface area contributed by atoms with Crippen LogP contribution in [0.3, 0.4) is 0 Å². The number of nitrogens with zero attached hydrogens (tertiary/aromatic N) is 3. The highest BCUT2D eigenvalue weighted by Crippen LogP contribution is 2.01. The maximum atomic E-state index is 5.41. The van der Waals surface area contributed by atoms with Crippen LogP contribution in [0.15, 0.2) is 36.7 Å². The molecular weight excluding hydrogens is 208 g/mol. The summed E-state index contributed by atoms with van der Waals surface area (Å²) in [7, 11) is 0. The lowest BCUT2D eigenvalue weighted by Gasteiger charge is -1.99. The minimum atomic E-state index is 0.224. The molecule has 1 aromatic carbocycles. The Labute approximate surface area is 92.7 Å². The number of thiocarbonyl (C=S) groups is 1. The first-order valence-corrected chi connectivity index (χ1v) is 4.90. The molecule has 15 heavy (non-hydrogen) atoms. The predicted octanol–water partition coefficient (Wildman–Crippen LogP) is 0.961. The summed E-state index contributed by atoms with van der Waals surface area (Å²) in [5, 5.41) is 4.14. The van der Waals surface area contributed by atoms with Gasteiger partial charge in [0.2, 0.25) is 5.82 Å². The van der Waals surface area contributed by atoms with Crippen LogP contribution in [0.5, 0.6) is 0 Å². The Bertz CT molecular complexity index is 463. The highest BCUT2D eigenvalue weighted by Gasteiger charge is 2.03. The second kappa shape index (κ2) is 4.18. The summed E-state index contributed by atoms with van der Waals surface area (Å²) >= 11 is 4.78. The smallest absolute Gasteiger partial charge is 0.208 e. The number of benzene rings is 1. The standard InChI is InChI=1S/C10H10N4S/c11-9(15)10-12-7-14(13-10)6-8-4-2-1-3-5-8/h1-5,7H,6H2,(H2,11,15). The van der Waals surface area contributed by atoms with Gasteiger partial charge in [0, 0.05) is 0 Å². The van der Waals surface area contributed by atoms with Crippen molar-refractivity contribution in [2.75, 3.05) is 0 Å². The Balaban J connectivity index is 2.15. The molecular formula is C10H10N4S. The molecule has 0 aliphatic carbocycles. The van der Waals surface area contributed by atoms with E-state index in [1.165, 1.54) is 0 Å². The molecule has 4 nitrogen and oxygen atoms in total. The van der Waals surface area contributed by atoms with Crippen LogP contribution in [0, 0.1) is 0 Å². The lowest BCUT2D eigenvalue weighted by atomic mass is 10.2. The average molecular weight is 218 g/mol. The highest BCUT2D eigenvalue weighted by molar-refractivity contribution is 7.80. The minimum Gasteiger partial charge on any atom is -0.387 e. The Kier molecular flexibility index (Phi) is 2.73. The van der Waals surface area contributed by atoms with Crippen molar-refractivity contribution >= 4 is 17.2 Å². The van der Waals surface area contributed by atoms with E-state index in [4.69, 9.17) is 18.0 Å². The van der Waals surface area contributed by atoms with Gasteiger partial charge in [-0.2, -0.15) is 0 Å². The number of hydrogen-bond donors (Lipinski definition) is 1. The van der Waals surface area contributed by atoms with Crippen molar-refractivity contribution < 1.29 is 0 Å². The normalized spacial score (nSPS) is 10.1. The molecule has 0 spiro atoms. The maximum Gasteiger partial charge on any atom is 0.208 e. The molecule has 0 bridgehead atoms. The topological polar surface area (TPSA) is 56.7 Å². The van der Waals surface area contributed by atoms with Crippen molar-refractivity contribution in [2.24, 2.45) is 5.73 Å². The van der Waals surface area contributed by atoms with Gasteiger partial charge in [-0.05, 0) is 5.56 Å². The third-order valence-corrected chi connectivity index (χ3v) is 2.13. The van der Waals surface area contributed by atoms with E-state index in [0.29, 0.717) is 12.4 Å².